The number of aryl methyl sites for hydroxylation is 3. The van der Waals surface area contributed by atoms with Crippen molar-refractivity contribution in [3.05, 3.63) is 64.4 Å². The smallest absolute Gasteiger partial charge is 0.291 e. The number of hydrogen-bond acceptors (Lipinski definition) is 3. The van der Waals surface area contributed by atoms with E-state index in [9.17, 15) is 9.59 Å². The summed E-state index contributed by atoms with van der Waals surface area (Å²) in [4.78, 5) is 24.3. The molecule has 5 nitrogen and oxygen atoms in total. The van der Waals surface area contributed by atoms with E-state index in [4.69, 9.17) is 4.42 Å². The summed E-state index contributed by atoms with van der Waals surface area (Å²) in [5, 5.41) is 6.39. The van der Waals surface area contributed by atoms with Crippen LogP contribution in [0.4, 0.5) is 5.69 Å². The van der Waals surface area contributed by atoms with Crippen molar-refractivity contribution in [2.24, 2.45) is 0 Å². The molecule has 1 aromatic heterocycles. The summed E-state index contributed by atoms with van der Waals surface area (Å²) in [6.45, 7) is 6.08. The minimum Gasteiger partial charge on any atom is -0.451 e. The monoisotopic (exact) mass is 350 g/mol. The number of benzene rings is 2. The van der Waals surface area contributed by atoms with E-state index in [2.05, 4.69) is 23.6 Å². The van der Waals surface area contributed by atoms with Crippen LogP contribution in [-0.2, 0) is 6.42 Å². The van der Waals surface area contributed by atoms with Crippen molar-refractivity contribution < 1.29 is 14.0 Å². The minimum atomic E-state index is -0.291. The zero-order valence-electron chi connectivity index (χ0n) is 15.4. The average molecular weight is 350 g/mol. The third kappa shape index (κ3) is 3.20. The highest BCUT2D eigenvalue weighted by atomic mass is 16.3. The van der Waals surface area contributed by atoms with E-state index in [0.717, 1.165) is 22.1 Å². The SMILES string of the molecule is CCc1c(C(=O)Nc2ccc(C(=O)NC)cc2)oc2cc(C)c(C)cc12. The molecule has 2 amide bonds. The van der Waals surface area contributed by atoms with E-state index in [1.54, 1.807) is 31.3 Å². The quantitative estimate of drug-likeness (QED) is 0.740. The largest absolute Gasteiger partial charge is 0.451 e. The molecule has 3 rings (SSSR count). The van der Waals surface area contributed by atoms with E-state index in [-0.39, 0.29) is 11.8 Å². The molecule has 1 heterocycles. The van der Waals surface area contributed by atoms with E-state index in [1.165, 1.54) is 5.56 Å². The van der Waals surface area contributed by atoms with Crippen LogP contribution in [0.2, 0.25) is 0 Å². The molecule has 0 aliphatic rings. The molecule has 0 aliphatic carbocycles. The Morgan fingerprint density at radius 3 is 2.27 bits per heavy atom. The lowest BCUT2D eigenvalue weighted by Crippen LogP contribution is -2.18. The Hall–Kier alpha value is -3.08. The zero-order valence-corrected chi connectivity index (χ0v) is 15.4. The Labute approximate surface area is 152 Å². The molecule has 0 atom stereocenters. The Kier molecular flexibility index (Phi) is 4.80. The van der Waals surface area contributed by atoms with Gasteiger partial charge in [0.25, 0.3) is 11.8 Å². The molecule has 0 saturated carbocycles. The summed E-state index contributed by atoms with van der Waals surface area (Å²) < 4.78 is 5.86. The lowest BCUT2D eigenvalue weighted by Gasteiger charge is -2.06. The van der Waals surface area contributed by atoms with Gasteiger partial charge in [0.05, 0.1) is 0 Å². The van der Waals surface area contributed by atoms with Crippen molar-refractivity contribution in [3.63, 3.8) is 0 Å². The van der Waals surface area contributed by atoms with Crippen LogP contribution in [0.25, 0.3) is 11.0 Å². The summed E-state index contributed by atoms with van der Waals surface area (Å²) in [6, 6.07) is 10.8. The van der Waals surface area contributed by atoms with Crippen molar-refractivity contribution in [1.29, 1.82) is 0 Å². The molecule has 2 N–H and O–H groups in total. The maximum absolute atomic E-state index is 12.7. The van der Waals surface area contributed by atoms with Crippen LogP contribution in [0.3, 0.4) is 0 Å². The summed E-state index contributed by atoms with van der Waals surface area (Å²) in [7, 11) is 1.58. The first-order valence-electron chi connectivity index (χ1n) is 8.60. The van der Waals surface area contributed by atoms with Crippen LogP contribution in [0, 0.1) is 13.8 Å². The number of carbonyl (C=O) groups excluding carboxylic acids is 2. The van der Waals surface area contributed by atoms with Gasteiger partial charge in [-0.3, -0.25) is 9.59 Å². The van der Waals surface area contributed by atoms with Crippen LogP contribution in [0.1, 0.15) is 44.5 Å². The number of amides is 2. The second-order valence-corrected chi connectivity index (χ2v) is 6.31. The first kappa shape index (κ1) is 17.7. The van der Waals surface area contributed by atoms with Crippen molar-refractivity contribution in [3.8, 4) is 0 Å². The fourth-order valence-corrected chi connectivity index (χ4v) is 2.98. The molecule has 0 aliphatic heterocycles. The van der Waals surface area contributed by atoms with Gasteiger partial charge in [0, 0.05) is 29.2 Å². The molecular weight excluding hydrogens is 328 g/mol. The van der Waals surface area contributed by atoms with Gasteiger partial charge in [0.1, 0.15) is 5.58 Å². The van der Waals surface area contributed by atoms with Gasteiger partial charge in [-0.2, -0.15) is 0 Å². The van der Waals surface area contributed by atoms with Gasteiger partial charge in [-0.25, -0.2) is 0 Å². The third-order valence-corrected chi connectivity index (χ3v) is 4.60. The Morgan fingerprint density at radius 1 is 1.00 bits per heavy atom. The number of furan rings is 1. The van der Waals surface area contributed by atoms with Gasteiger partial charge in [0.2, 0.25) is 0 Å². The predicted molar refractivity (Wildman–Crippen MR) is 103 cm³/mol. The normalized spacial score (nSPS) is 10.8. The summed E-state index contributed by atoms with van der Waals surface area (Å²) >= 11 is 0. The third-order valence-electron chi connectivity index (χ3n) is 4.60. The molecule has 0 fully saturated rings. The number of nitrogens with one attached hydrogen (secondary N) is 2. The Morgan fingerprint density at radius 2 is 1.65 bits per heavy atom. The second kappa shape index (κ2) is 7.04. The van der Waals surface area contributed by atoms with Crippen LogP contribution >= 0.6 is 0 Å². The molecular formula is C21H22N2O3. The molecule has 0 spiro atoms. The molecule has 3 aromatic rings. The van der Waals surface area contributed by atoms with Gasteiger partial charge >= 0.3 is 0 Å². The molecule has 0 bridgehead atoms. The van der Waals surface area contributed by atoms with E-state index in [1.807, 2.05) is 19.9 Å². The maximum atomic E-state index is 12.7. The van der Waals surface area contributed by atoms with Crippen molar-refractivity contribution in [2.75, 3.05) is 12.4 Å². The number of rotatable bonds is 4. The standard InChI is InChI=1S/C21H22N2O3/c1-5-16-17-10-12(2)13(3)11-18(17)26-19(16)21(25)23-15-8-6-14(7-9-15)20(24)22-4/h6-11H,5H2,1-4H3,(H,22,24)(H,23,25). The molecule has 134 valence electrons. The van der Waals surface area contributed by atoms with E-state index >= 15 is 0 Å². The summed E-state index contributed by atoms with van der Waals surface area (Å²) in [5.74, 6) is -0.122. The van der Waals surface area contributed by atoms with Gasteiger partial charge in [-0.05, 0) is 67.8 Å². The lowest BCUT2D eigenvalue weighted by molar-refractivity contribution is 0.0962. The van der Waals surface area contributed by atoms with Crippen molar-refractivity contribution >= 4 is 28.5 Å². The highest BCUT2D eigenvalue weighted by molar-refractivity contribution is 6.07. The van der Waals surface area contributed by atoms with Crippen LogP contribution in [0.5, 0.6) is 0 Å². The highest BCUT2D eigenvalue weighted by Gasteiger charge is 2.20. The van der Waals surface area contributed by atoms with Crippen LogP contribution in [-0.4, -0.2) is 18.9 Å². The van der Waals surface area contributed by atoms with E-state index < -0.39 is 0 Å². The number of carbonyl (C=O) groups is 2. The zero-order chi connectivity index (χ0) is 18.8. The first-order chi connectivity index (χ1) is 12.4. The fraction of sp³-hybridized carbons (Fsp3) is 0.238. The predicted octanol–water partition coefficient (Wildman–Crippen LogP) is 4.22. The lowest BCUT2D eigenvalue weighted by atomic mass is 10.0. The highest BCUT2D eigenvalue weighted by Crippen LogP contribution is 2.29. The van der Waals surface area contributed by atoms with Crippen molar-refractivity contribution in [2.45, 2.75) is 27.2 Å². The van der Waals surface area contributed by atoms with Crippen LogP contribution in [0.15, 0.2) is 40.8 Å². The summed E-state index contributed by atoms with van der Waals surface area (Å²) in [6.07, 6.45) is 0.702. The van der Waals surface area contributed by atoms with E-state index in [0.29, 0.717) is 23.4 Å². The van der Waals surface area contributed by atoms with Gasteiger partial charge in [0.15, 0.2) is 5.76 Å². The Balaban J connectivity index is 1.91. The summed E-state index contributed by atoms with van der Waals surface area (Å²) in [5.41, 5.74) is 5.08. The number of anilines is 1. The van der Waals surface area contributed by atoms with Crippen molar-refractivity contribution in [1.82, 2.24) is 5.32 Å². The van der Waals surface area contributed by atoms with Crippen LogP contribution < -0.4 is 10.6 Å². The van der Waals surface area contributed by atoms with Gasteiger partial charge in [-0.1, -0.05) is 6.92 Å². The molecule has 5 heteroatoms. The topological polar surface area (TPSA) is 71.3 Å². The maximum Gasteiger partial charge on any atom is 0.291 e. The van der Waals surface area contributed by atoms with Gasteiger partial charge in [-0.15, -0.1) is 0 Å². The number of hydrogen-bond donors (Lipinski definition) is 2. The second-order valence-electron chi connectivity index (χ2n) is 6.31. The molecule has 0 unspecified atom stereocenters. The molecule has 26 heavy (non-hydrogen) atoms. The van der Waals surface area contributed by atoms with Gasteiger partial charge < -0.3 is 15.1 Å². The Bertz CT molecular complexity index is 985. The number of fused-ring (bicyclic) bond motifs is 1. The average Bonchev–Trinajstić information content (AvgIpc) is 2.99. The molecule has 0 radical (unpaired) electrons. The molecule has 2 aromatic carbocycles. The fourth-order valence-electron chi connectivity index (χ4n) is 2.98. The first-order valence-corrected chi connectivity index (χ1v) is 8.60. The minimum absolute atomic E-state index is 0.167. The molecule has 0 saturated heterocycles.